The summed E-state index contributed by atoms with van der Waals surface area (Å²) in [6, 6.07) is 9.03. The van der Waals surface area contributed by atoms with E-state index in [0.717, 1.165) is 22.5 Å². The van der Waals surface area contributed by atoms with Crippen LogP contribution in [0, 0.1) is 11.8 Å². The van der Waals surface area contributed by atoms with Crippen LogP contribution in [0.5, 0.6) is 0 Å². The number of amides is 2. The molecular weight excluding hydrogens is 296 g/mol. The van der Waals surface area contributed by atoms with Gasteiger partial charge < -0.3 is 0 Å². The Morgan fingerprint density at radius 3 is 2.17 bits per heavy atom. The van der Waals surface area contributed by atoms with Gasteiger partial charge in [-0.1, -0.05) is 43.2 Å². The van der Waals surface area contributed by atoms with Gasteiger partial charge in [0, 0.05) is 5.56 Å². The average Bonchev–Trinajstić information content (AvgIpc) is 3.07. The van der Waals surface area contributed by atoms with Gasteiger partial charge in [0.1, 0.15) is 0 Å². The molecule has 1 aliphatic carbocycles. The summed E-state index contributed by atoms with van der Waals surface area (Å²) in [5.74, 6) is -0.917. The fraction of sp³-hybridized carbons (Fsp3) is 0.375. The van der Waals surface area contributed by atoms with E-state index >= 15 is 0 Å². The highest BCUT2D eigenvalue weighted by Crippen LogP contribution is 2.37. The topological polar surface area (TPSA) is 88.1 Å². The first kappa shape index (κ1) is 13.9. The van der Waals surface area contributed by atoms with E-state index in [2.05, 4.69) is 10.2 Å². The molecule has 0 bridgehead atoms. The van der Waals surface area contributed by atoms with Crippen LogP contribution >= 0.6 is 0 Å². The summed E-state index contributed by atoms with van der Waals surface area (Å²) in [5.41, 5.74) is 0.0884. The first-order chi connectivity index (χ1) is 11.2. The van der Waals surface area contributed by atoms with E-state index in [0.29, 0.717) is 18.4 Å². The van der Waals surface area contributed by atoms with Crippen molar-refractivity contribution in [2.75, 3.05) is 5.01 Å². The summed E-state index contributed by atoms with van der Waals surface area (Å²) in [4.78, 5) is 37.6. The standard InChI is InChI=1S/C16H16N4O3/c21-14-11-8-4-5-9-12(11)15(22)20(14)19-13(17-18-16(19)23)10-6-2-1-3-7-10/h1-3,6-7,11-12H,4-5,8-9H2,(H,18,23). The number of nitrogens with one attached hydrogen (secondary N) is 1. The quantitative estimate of drug-likeness (QED) is 0.840. The molecule has 7 heteroatoms. The highest BCUT2D eigenvalue weighted by atomic mass is 16.2. The monoisotopic (exact) mass is 312 g/mol. The lowest BCUT2D eigenvalue weighted by atomic mass is 9.81. The molecule has 2 unspecified atom stereocenters. The SMILES string of the molecule is O=C1C2CCCCC2C(=O)N1n1c(-c2ccccc2)n[nH]c1=O. The number of rotatable bonds is 2. The Bertz CT molecular complexity index is 799. The second-order valence-corrected chi connectivity index (χ2v) is 6.02. The highest BCUT2D eigenvalue weighted by molar-refractivity contribution is 6.16. The lowest BCUT2D eigenvalue weighted by Crippen LogP contribution is -2.46. The minimum atomic E-state index is -0.579. The molecule has 7 nitrogen and oxygen atoms in total. The maximum Gasteiger partial charge on any atom is 0.363 e. The Hall–Kier alpha value is -2.70. The van der Waals surface area contributed by atoms with Crippen LogP contribution in [0.15, 0.2) is 35.1 Å². The van der Waals surface area contributed by atoms with Crippen molar-refractivity contribution >= 4 is 11.8 Å². The van der Waals surface area contributed by atoms with Crippen LogP contribution in [0.1, 0.15) is 25.7 Å². The maximum atomic E-state index is 12.7. The first-order valence-corrected chi connectivity index (χ1v) is 7.79. The predicted octanol–water partition coefficient (Wildman–Crippen LogP) is 1.05. The maximum absolute atomic E-state index is 12.7. The van der Waals surface area contributed by atoms with Crippen LogP contribution in [-0.2, 0) is 9.59 Å². The van der Waals surface area contributed by atoms with Crippen LogP contribution in [0.3, 0.4) is 0 Å². The van der Waals surface area contributed by atoms with Crippen LogP contribution in [0.2, 0.25) is 0 Å². The molecule has 1 saturated carbocycles. The molecule has 2 atom stereocenters. The van der Waals surface area contributed by atoms with Crippen molar-refractivity contribution in [3.05, 3.63) is 40.8 Å². The van der Waals surface area contributed by atoms with Gasteiger partial charge in [0.2, 0.25) is 0 Å². The predicted molar refractivity (Wildman–Crippen MR) is 82.0 cm³/mol. The molecule has 1 N–H and O–H groups in total. The normalized spacial score (nSPS) is 24.1. The Kier molecular flexibility index (Phi) is 3.14. The molecule has 1 aliphatic heterocycles. The molecule has 2 fully saturated rings. The zero-order chi connectivity index (χ0) is 16.0. The van der Waals surface area contributed by atoms with Crippen molar-refractivity contribution in [3.63, 3.8) is 0 Å². The molecule has 1 aromatic carbocycles. The van der Waals surface area contributed by atoms with Crippen LogP contribution < -0.4 is 10.7 Å². The molecule has 2 heterocycles. The number of aromatic nitrogens is 3. The van der Waals surface area contributed by atoms with Crippen LogP contribution in [-0.4, -0.2) is 26.7 Å². The summed E-state index contributed by atoms with van der Waals surface area (Å²) in [5, 5.41) is 7.34. The number of imide groups is 1. The van der Waals surface area contributed by atoms with Crippen LogP contribution in [0.4, 0.5) is 0 Å². The second kappa shape index (κ2) is 5.19. The van der Waals surface area contributed by atoms with Crippen molar-refractivity contribution in [1.82, 2.24) is 14.9 Å². The van der Waals surface area contributed by atoms with E-state index in [1.807, 2.05) is 18.2 Å². The smallest absolute Gasteiger partial charge is 0.272 e. The number of carbonyl (C=O) groups is 2. The van der Waals surface area contributed by atoms with Crippen molar-refractivity contribution < 1.29 is 9.59 Å². The van der Waals surface area contributed by atoms with Crippen molar-refractivity contribution in [2.24, 2.45) is 11.8 Å². The lowest BCUT2D eigenvalue weighted by molar-refractivity contribution is -0.124. The van der Waals surface area contributed by atoms with Gasteiger partial charge in [-0.3, -0.25) is 9.59 Å². The summed E-state index contributed by atoms with van der Waals surface area (Å²) in [6.07, 6.45) is 3.30. The molecular formula is C16H16N4O3. The third-order valence-electron chi connectivity index (χ3n) is 4.70. The Morgan fingerprint density at radius 2 is 1.57 bits per heavy atom. The first-order valence-electron chi connectivity index (χ1n) is 7.79. The van der Waals surface area contributed by atoms with Gasteiger partial charge in [-0.25, -0.2) is 9.89 Å². The number of aromatic amines is 1. The molecule has 0 radical (unpaired) electrons. The summed E-state index contributed by atoms with van der Waals surface area (Å²) < 4.78 is 1.08. The zero-order valence-corrected chi connectivity index (χ0v) is 12.4. The van der Waals surface area contributed by atoms with Crippen molar-refractivity contribution in [3.8, 4) is 11.4 Å². The fourth-order valence-electron chi connectivity index (χ4n) is 3.59. The van der Waals surface area contributed by atoms with Gasteiger partial charge in [0.05, 0.1) is 11.8 Å². The van der Waals surface area contributed by atoms with Crippen molar-refractivity contribution in [1.29, 1.82) is 0 Å². The van der Waals surface area contributed by atoms with E-state index in [1.165, 1.54) is 0 Å². The molecule has 4 rings (SSSR count). The Balaban J connectivity index is 1.82. The summed E-state index contributed by atoms with van der Waals surface area (Å²) >= 11 is 0. The van der Waals surface area contributed by atoms with Gasteiger partial charge in [-0.05, 0) is 12.8 Å². The van der Waals surface area contributed by atoms with E-state index < -0.39 is 5.69 Å². The molecule has 23 heavy (non-hydrogen) atoms. The third-order valence-corrected chi connectivity index (χ3v) is 4.70. The third kappa shape index (κ3) is 2.03. The number of benzene rings is 1. The number of hydrogen-bond acceptors (Lipinski definition) is 4. The van der Waals surface area contributed by atoms with Gasteiger partial charge in [-0.2, -0.15) is 14.8 Å². The lowest BCUT2D eigenvalue weighted by Gasteiger charge is -2.19. The minimum Gasteiger partial charge on any atom is -0.272 e. The number of nitrogens with zero attached hydrogens (tertiary/aromatic N) is 3. The van der Waals surface area contributed by atoms with Gasteiger partial charge in [0.25, 0.3) is 11.8 Å². The van der Waals surface area contributed by atoms with E-state index in [4.69, 9.17) is 0 Å². The second-order valence-electron chi connectivity index (χ2n) is 6.02. The van der Waals surface area contributed by atoms with E-state index in [-0.39, 0.29) is 29.5 Å². The Labute approximate surface area is 131 Å². The molecule has 118 valence electrons. The Morgan fingerprint density at radius 1 is 0.957 bits per heavy atom. The number of hydrogen-bond donors (Lipinski definition) is 1. The van der Waals surface area contributed by atoms with Crippen molar-refractivity contribution in [2.45, 2.75) is 25.7 Å². The molecule has 0 spiro atoms. The molecule has 2 amide bonds. The zero-order valence-electron chi connectivity index (χ0n) is 12.4. The minimum absolute atomic E-state index is 0.274. The largest absolute Gasteiger partial charge is 0.363 e. The van der Waals surface area contributed by atoms with Gasteiger partial charge in [-0.15, -0.1) is 0 Å². The average molecular weight is 312 g/mol. The van der Waals surface area contributed by atoms with Gasteiger partial charge >= 0.3 is 5.69 Å². The fourth-order valence-corrected chi connectivity index (χ4v) is 3.59. The molecule has 1 saturated heterocycles. The summed E-state index contributed by atoms with van der Waals surface area (Å²) in [6.45, 7) is 0. The number of carbonyl (C=O) groups excluding carboxylic acids is 2. The molecule has 2 aromatic rings. The highest BCUT2D eigenvalue weighted by Gasteiger charge is 2.50. The van der Waals surface area contributed by atoms with Gasteiger partial charge in [0.15, 0.2) is 5.82 Å². The molecule has 1 aromatic heterocycles. The molecule has 2 aliphatic rings. The van der Waals surface area contributed by atoms with Crippen LogP contribution in [0.25, 0.3) is 11.4 Å². The van der Waals surface area contributed by atoms with E-state index in [1.54, 1.807) is 12.1 Å². The van der Waals surface area contributed by atoms with E-state index in [9.17, 15) is 14.4 Å². The number of H-pyrrole nitrogens is 1. The summed E-state index contributed by atoms with van der Waals surface area (Å²) in [7, 11) is 0. The number of fused-ring (bicyclic) bond motifs is 1.